The van der Waals surface area contributed by atoms with E-state index in [2.05, 4.69) is 4.74 Å². The number of carbonyl (C=O) groups is 1. The van der Waals surface area contributed by atoms with Crippen molar-refractivity contribution in [1.29, 1.82) is 0 Å². The summed E-state index contributed by atoms with van der Waals surface area (Å²) in [6.45, 7) is 0.184. The summed E-state index contributed by atoms with van der Waals surface area (Å²) < 4.78 is 20.7. The van der Waals surface area contributed by atoms with E-state index in [-0.39, 0.29) is 30.2 Å². The highest BCUT2D eigenvalue weighted by Crippen LogP contribution is 2.29. The van der Waals surface area contributed by atoms with Crippen molar-refractivity contribution in [1.82, 2.24) is 0 Å². The number of nitro groups is 1. The van der Waals surface area contributed by atoms with Crippen LogP contribution in [0.3, 0.4) is 0 Å². The molecule has 0 saturated carbocycles. The molecule has 0 fully saturated rings. The molecule has 0 aromatic heterocycles. The second-order valence-corrected chi connectivity index (χ2v) is 4.78. The summed E-state index contributed by atoms with van der Waals surface area (Å²) >= 11 is 0. The molecular weight excluding hydrogens is 330 g/mol. The van der Waals surface area contributed by atoms with E-state index >= 15 is 0 Å². The van der Waals surface area contributed by atoms with Gasteiger partial charge in [-0.05, 0) is 18.2 Å². The fourth-order valence-corrected chi connectivity index (χ4v) is 2.07. The summed E-state index contributed by atoms with van der Waals surface area (Å²) in [5.41, 5.74) is -0.0845. The molecule has 0 radical (unpaired) electrons. The zero-order chi connectivity index (χ0) is 18.2. The zero-order valence-electron chi connectivity index (χ0n) is 13.8. The minimum atomic E-state index is -0.606. The van der Waals surface area contributed by atoms with Crippen molar-refractivity contribution in [3.8, 4) is 17.2 Å². The number of ether oxygens (including phenoxy) is 4. The maximum absolute atomic E-state index is 11.5. The lowest BCUT2D eigenvalue weighted by Crippen LogP contribution is -2.11. The Morgan fingerprint density at radius 2 is 1.64 bits per heavy atom. The molecule has 0 atom stereocenters. The molecular formula is C17H17NO7. The fraction of sp³-hybridized carbons (Fsp3) is 0.235. The lowest BCUT2D eigenvalue weighted by Gasteiger charge is -2.11. The van der Waals surface area contributed by atoms with E-state index in [9.17, 15) is 14.9 Å². The highest BCUT2D eigenvalue weighted by molar-refractivity contribution is 5.90. The van der Waals surface area contributed by atoms with Crippen LogP contribution in [-0.4, -0.2) is 38.3 Å². The summed E-state index contributed by atoms with van der Waals surface area (Å²) in [7, 11) is 2.76. The van der Waals surface area contributed by atoms with Gasteiger partial charge >= 0.3 is 11.7 Å². The second kappa shape index (κ2) is 8.53. The number of nitro benzene ring substituents is 1. The molecule has 0 spiro atoms. The molecule has 132 valence electrons. The van der Waals surface area contributed by atoms with E-state index in [1.54, 1.807) is 18.2 Å². The average molecular weight is 347 g/mol. The summed E-state index contributed by atoms with van der Waals surface area (Å²) in [4.78, 5) is 22.0. The predicted octanol–water partition coefficient (Wildman–Crippen LogP) is 2.85. The van der Waals surface area contributed by atoms with Gasteiger partial charge in [-0.25, -0.2) is 4.79 Å². The quantitative estimate of drug-likeness (QED) is 0.313. The molecule has 2 aromatic rings. The van der Waals surface area contributed by atoms with Crippen LogP contribution in [0.5, 0.6) is 17.2 Å². The predicted molar refractivity (Wildman–Crippen MR) is 88.4 cm³/mol. The van der Waals surface area contributed by atoms with Gasteiger partial charge in [0, 0.05) is 12.1 Å². The van der Waals surface area contributed by atoms with Gasteiger partial charge in [0.15, 0.2) is 17.2 Å². The number of benzene rings is 2. The Hall–Kier alpha value is -3.29. The Labute approximate surface area is 144 Å². The molecule has 0 bridgehead atoms. The summed E-state index contributed by atoms with van der Waals surface area (Å²) in [6, 6.07) is 10.9. The van der Waals surface area contributed by atoms with Gasteiger partial charge in [-0.2, -0.15) is 0 Å². The van der Waals surface area contributed by atoms with Gasteiger partial charge in [0.1, 0.15) is 13.2 Å². The number of nitrogens with zero attached hydrogens (tertiary/aromatic N) is 1. The van der Waals surface area contributed by atoms with Crippen molar-refractivity contribution >= 4 is 11.7 Å². The molecule has 8 heteroatoms. The number of carbonyl (C=O) groups excluding carboxylic acids is 1. The van der Waals surface area contributed by atoms with Crippen molar-refractivity contribution in [2.24, 2.45) is 0 Å². The van der Waals surface area contributed by atoms with E-state index in [1.165, 1.54) is 32.4 Å². The van der Waals surface area contributed by atoms with Gasteiger partial charge < -0.3 is 18.9 Å². The molecule has 25 heavy (non-hydrogen) atoms. The molecule has 2 aromatic carbocycles. The monoisotopic (exact) mass is 347 g/mol. The molecule has 0 heterocycles. The third kappa shape index (κ3) is 4.60. The molecule has 2 rings (SSSR count). The molecule has 0 saturated heterocycles. The van der Waals surface area contributed by atoms with Crippen molar-refractivity contribution in [3.63, 3.8) is 0 Å². The van der Waals surface area contributed by atoms with Gasteiger partial charge in [-0.1, -0.05) is 12.1 Å². The van der Waals surface area contributed by atoms with Crippen LogP contribution in [0.15, 0.2) is 42.5 Å². The van der Waals surface area contributed by atoms with Crippen LogP contribution >= 0.6 is 0 Å². The number of methoxy groups -OCH3 is 2. The Morgan fingerprint density at radius 1 is 1.00 bits per heavy atom. The second-order valence-electron chi connectivity index (χ2n) is 4.78. The first-order chi connectivity index (χ1) is 12.1. The van der Waals surface area contributed by atoms with Crippen LogP contribution < -0.4 is 14.2 Å². The van der Waals surface area contributed by atoms with E-state index < -0.39 is 10.9 Å². The van der Waals surface area contributed by atoms with Crippen LogP contribution in [0, 0.1) is 10.1 Å². The third-order valence-electron chi connectivity index (χ3n) is 3.25. The highest BCUT2D eigenvalue weighted by Gasteiger charge is 2.18. The van der Waals surface area contributed by atoms with E-state index in [1.807, 2.05) is 6.07 Å². The standard InChI is InChI=1S/C17H17NO7/c1-22-14-5-3-4-6-15(14)24-9-10-25-16-11-12(17(19)23-2)7-8-13(16)18(20)21/h3-8,11H,9-10H2,1-2H3. The molecule has 0 unspecified atom stereocenters. The maximum atomic E-state index is 11.5. The molecule has 0 aliphatic carbocycles. The van der Waals surface area contributed by atoms with Gasteiger partial charge in [-0.3, -0.25) is 10.1 Å². The number of hydrogen-bond donors (Lipinski definition) is 0. The SMILES string of the molecule is COC(=O)c1ccc([N+](=O)[O-])c(OCCOc2ccccc2OC)c1. The highest BCUT2D eigenvalue weighted by atomic mass is 16.6. The number of rotatable bonds is 8. The average Bonchev–Trinajstić information content (AvgIpc) is 2.64. The maximum Gasteiger partial charge on any atom is 0.337 e. The molecule has 0 aliphatic rings. The summed E-state index contributed by atoms with van der Waals surface area (Å²) in [6.07, 6.45) is 0. The van der Waals surface area contributed by atoms with Crippen molar-refractivity contribution in [2.75, 3.05) is 27.4 Å². The summed E-state index contributed by atoms with van der Waals surface area (Å²) in [5.74, 6) is 0.467. The number of hydrogen-bond acceptors (Lipinski definition) is 7. The Kier molecular flexibility index (Phi) is 6.16. The van der Waals surface area contributed by atoms with E-state index in [4.69, 9.17) is 14.2 Å². The van der Waals surface area contributed by atoms with Crippen molar-refractivity contribution < 1.29 is 28.7 Å². The van der Waals surface area contributed by atoms with Crippen LogP contribution in [0.25, 0.3) is 0 Å². The molecule has 8 nitrogen and oxygen atoms in total. The minimum Gasteiger partial charge on any atom is -0.493 e. The zero-order valence-corrected chi connectivity index (χ0v) is 13.8. The van der Waals surface area contributed by atoms with Crippen molar-refractivity contribution in [2.45, 2.75) is 0 Å². The van der Waals surface area contributed by atoms with Crippen LogP contribution in [0.2, 0.25) is 0 Å². The Balaban J connectivity index is 2.03. The van der Waals surface area contributed by atoms with Gasteiger partial charge in [-0.15, -0.1) is 0 Å². The molecule has 0 N–H and O–H groups in total. The molecule has 0 aliphatic heterocycles. The largest absolute Gasteiger partial charge is 0.493 e. The third-order valence-corrected chi connectivity index (χ3v) is 3.25. The summed E-state index contributed by atoms with van der Waals surface area (Å²) in [5, 5.41) is 11.1. The molecule has 0 amide bonds. The van der Waals surface area contributed by atoms with E-state index in [0.29, 0.717) is 11.5 Å². The number of esters is 1. The van der Waals surface area contributed by atoms with Gasteiger partial charge in [0.25, 0.3) is 0 Å². The first-order valence-electron chi connectivity index (χ1n) is 7.32. The smallest absolute Gasteiger partial charge is 0.337 e. The fourth-order valence-electron chi connectivity index (χ4n) is 2.07. The topological polar surface area (TPSA) is 97.1 Å². The Bertz CT molecular complexity index is 760. The van der Waals surface area contributed by atoms with Gasteiger partial charge in [0.05, 0.1) is 24.7 Å². The van der Waals surface area contributed by atoms with Gasteiger partial charge in [0.2, 0.25) is 0 Å². The lowest BCUT2D eigenvalue weighted by molar-refractivity contribution is -0.385. The van der Waals surface area contributed by atoms with E-state index in [0.717, 1.165) is 0 Å². The van der Waals surface area contributed by atoms with Crippen LogP contribution in [0.1, 0.15) is 10.4 Å². The lowest BCUT2D eigenvalue weighted by atomic mass is 10.2. The first kappa shape index (κ1) is 18.1. The minimum absolute atomic E-state index is 0.0310. The van der Waals surface area contributed by atoms with Crippen LogP contribution in [0.4, 0.5) is 5.69 Å². The van der Waals surface area contributed by atoms with Crippen LogP contribution in [-0.2, 0) is 4.74 Å². The van der Waals surface area contributed by atoms with Crippen molar-refractivity contribution in [3.05, 3.63) is 58.1 Å². The normalized spacial score (nSPS) is 10.0. The first-order valence-corrected chi connectivity index (χ1v) is 7.32. The number of para-hydroxylation sites is 2. The Morgan fingerprint density at radius 3 is 2.24 bits per heavy atom.